The van der Waals surface area contributed by atoms with E-state index in [1.807, 2.05) is 0 Å². The average Bonchev–Trinajstić information content (AvgIpc) is 2.24. The summed E-state index contributed by atoms with van der Waals surface area (Å²) in [5, 5.41) is 0. The Labute approximate surface area is 105 Å². The number of anilines is 1. The topological polar surface area (TPSA) is 29.3 Å². The summed E-state index contributed by atoms with van der Waals surface area (Å²) in [5.41, 5.74) is 10.4. The van der Waals surface area contributed by atoms with Crippen LogP contribution >= 0.6 is 0 Å². The standard InChI is InChI=1S/C15H24N2/c1-11(2)12-6-7-14(17(3)4)13(10-12)15(16)8-5-9-15/h6-7,10-11H,5,8-9,16H2,1-4H3. The van der Waals surface area contributed by atoms with Crippen LogP contribution in [0.25, 0.3) is 0 Å². The first-order valence-electron chi connectivity index (χ1n) is 6.55. The van der Waals surface area contributed by atoms with Gasteiger partial charge in [0.05, 0.1) is 0 Å². The molecule has 1 fully saturated rings. The zero-order valence-electron chi connectivity index (χ0n) is 11.5. The second kappa shape index (κ2) is 4.34. The van der Waals surface area contributed by atoms with E-state index in [9.17, 15) is 0 Å². The number of rotatable bonds is 3. The minimum absolute atomic E-state index is 0.0789. The monoisotopic (exact) mass is 232 g/mol. The molecule has 0 unspecified atom stereocenters. The highest BCUT2D eigenvalue weighted by Crippen LogP contribution is 2.43. The Kier molecular flexibility index (Phi) is 3.17. The molecule has 0 spiro atoms. The van der Waals surface area contributed by atoms with Crippen molar-refractivity contribution in [3.8, 4) is 0 Å². The molecule has 94 valence electrons. The second-order valence-corrected chi connectivity index (χ2v) is 5.84. The molecule has 1 aliphatic rings. The van der Waals surface area contributed by atoms with Gasteiger partial charge >= 0.3 is 0 Å². The van der Waals surface area contributed by atoms with E-state index in [1.165, 1.54) is 23.2 Å². The van der Waals surface area contributed by atoms with Gasteiger partial charge < -0.3 is 10.6 Å². The maximum atomic E-state index is 6.51. The molecule has 0 aromatic heterocycles. The molecule has 2 nitrogen and oxygen atoms in total. The first-order valence-corrected chi connectivity index (χ1v) is 6.55. The number of nitrogens with two attached hydrogens (primary N) is 1. The number of hydrogen-bond donors (Lipinski definition) is 1. The van der Waals surface area contributed by atoms with Gasteiger partial charge in [0.2, 0.25) is 0 Å². The zero-order chi connectivity index (χ0) is 12.6. The molecule has 1 aromatic rings. The van der Waals surface area contributed by atoms with E-state index in [4.69, 9.17) is 5.73 Å². The van der Waals surface area contributed by atoms with Crippen molar-refractivity contribution < 1.29 is 0 Å². The molecule has 0 atom stereocenters. The Morgan fingerprint density at radius 2 is 1.88 bits per heavy atom. The largest absolute Gasteiger partial charge is 0.377 e. The summed E-state index contributed by atoms with van der Waals surface area (Å²) in [6.07, 6.45) is 3.50. The van der Waals surface area contributed by atoms with Gasteiger partial charge in [-0.05, 0) is 42.4 Å². The van der Waals surface area contributed by atoms with Crippen LogP contribution in [0.1, 0.15) is 50.2 Å². The second-order valence-electron chi connectivity index (χ2n) is 5.84. The summed E-state index contributed by atoms with van der Waals surface area (Å²) < 4.78 is 0. The van der Waals surface area contributed by atoms with Crippen molar-refractivity contribution in [1.29, 1.82) is 0 Å². The average molecular weight is 232 g/mol. The van der Waals surface area contributed by atoms with Gasteiger partial charge in [0.1, 0.15) is 0 Å². The minimum Gasteiger partial charge on any atom is -0.377 e. The molecular formula is C15H24N2. The highest BCUT2D eigenvalue weighted by atomic mass is 15.1. The van der Waals surface area contributed by atoms with Gasteiger partial charge in [-0.25, -0.2) is 0 Å². The number of nitrogens with zero attached hydrogens (tertiary/aromatic N) is 1. The van der Waals surface area contributed by atoms with Crippen LogP contribution in [0.15, 0.2) is 18.2 Å². The van der Waals surface area contributed by atoms with Crippen LogP contribution < -0.4 is 10.6 Å². The van der Waals surface area contributed by atoms with E-state index in [1.54, 1.807) is 0 Å². The molecule has 0 heterocycles. The highest BCUT2D eigenvalue weighted by molar-refractivity contribution is 5.58. The Morgan fingerprint density at radius 1 is 1.24 bits per heavy atom. The van der Waals surface area contributed by atoms with Crippen LogP contribution in [0.2, 0.25) is 0 Å². The van der Waals surface area contributed by atoms with Crippen molar-refractivity contribution in [2.45, 2.75) is 44.6 Å². The van der Waals surface area contributed by atoms with Crippen molar-refractivity contribution >= 4 is 5.69 Å². The normalized spacial score (nSPS) is 18.0. The lowest BCUT2D eigenvalue weighted by Gasteiger charge is -2.41. The maximum Gasteiger partial charge on any atom is 0.0430 e. The summed E-state index contributed by atoms with van der Waals surface area (Å²) in [6, 6.07) is 6.77. The lowest BCUT2D eigenvalue weighted by atomic mass is 9.71. The molecular weight excluding hydrogens is 208 g/mol. The molecule has 1 saturated carbocycles. The van der Waals surface area contributed by atoms with Gasteiger partial charge in [0.25, 0.3) is 0 Å². The van der Waals surface area contributed by atoms with Crippen molar-refractivity contribution in [3.63, 3.8) is 0 Å². The van der Waals surface area contributed by atoms with E-state index in [2.05, 4.69) is 51.0 Å². The molecule has 2 heteroatoms. The third kappa shape index (κ3) is 2.19. The fourth-order valence-corrected chi connectivity index (χ4v) is 2.53. The molecule has 0 bridgehead atoms. The molecule has 0 amide bonds. The first-order chi connectivity index (χ1) is 7.94. The third-order valence-electron chi connectivity index (χ3n) is 3.95. The number of hydrogen-bond acceptors (Lipinski definition) is 2. The van der Waals surface area contributed by atoms with E-state index in [0.717, 1.165) is 12.8 Å². The summed E-state index contributed by atoms with van der Waals surface area (Å²) in [7, 11) is 4.19. The van der Waals surface area contributed by atoms with Gasteiger partial charge in [-0.2, -0.15) is 0 Å². The van der Waals surface area contributed by atoms with Crippen LogP contribution in [0, 0.1) is 0 Å². The summed E-state index contributed by atoms with van der Waals surface area (Å²) in [6.45, 7) is 4.47. The van der Waals surface area contributed by atoms with Gasteiger partial charge in [0, 0.05) is 25.3 Å². The summed E-state index contributed by atoms with van der Waals surface area (Å²) >= 11 is 0. The molecule has 2 N–H and O–H groups in total. The zero-order valence-corrected chi connectivity index (χ0v) is 11.5. The SMILES string of the molecule is CC(C)c1ccc(N(C)C)c(C2(N)CCC2)c1. The molecule has 0 radical (unpaired) electrons. The van der Waals surface area contributed by atoms with E-state index >= 15 is 0 Å². The van der Waals surface area contributed by atoms with Crippen molar-refractivity contribution in [1.82, 2.24) is 0 Å². The Morgan fingerprint density at radius 3 is 2.29 bits per heavy atom. The summed E-state index contributed by atoms with van der Waals surface area (Å²) in [5.74, 6) is 0.564. The predicted octanol–water partition coefficient (Wildman–Crippen LogP) is 3.21. The van der Waals surface area contributed by atoms with Gasteiger partial charge in [0.15, 0.2) is 0 Å². The van der Waals surface area contributed by atoms with E-state index in [-0.39, 0.29) is 5.54 Å². The molecule has 0 saturated heterocycles. The smallest absolute Gasteiger partial charge is 0.0430 e. The van der Waals surface area contributed by atoms with Crippen LogP contribution in [0.5, 0.6) is 0 Å². The molecule has 2 rings (SSSR count). The molecule has 17 heavy (non-hydrogen) atoms. The van der Waals surface area contributed by atoms with E-state index < -0.39 is 0 Å². The maximum absolute atomic E-state index is 6.51. The fraction of sp³-hybridized carbons (Fsp3) is 0.600. The van der Waals surface area contributed by atoms with Gasteiger partial charge in [-0.15, -0.1) is 0 Å². The lowest BCUT2D eigenvalue weighted by Crippen LogP contribution is -2.44. The lowest BCUT2D eigenvalue weighted by molar-refractivity contribution is 0.254. The quantitative estimate of drug-likeness (QED) is 0.867. The summed E-state index contributed by atoms with van der Waals surface area (Å²) in [4.78, 5) is 2.17. The third-order valence-corrected chi connectivity index (χ3v) is 3.95. The van der Waals surface area contributed by atoms with Crippen LogP contribution in [0.3, 0.4) is 0 Å². The Bertz CT molecular complexity index is 403. The first kappa shape index (κ1) is 12.4. The van der Waals surface area contributed by atoms with Crippen LogP contribution in [-0.2, 0) is 5.54 Å². The van der Waals surface area contributed by atoms with Crippen molar-refractivity contribution in [3.05, 3.63) is 29.3 Å². The van der Waals surface area contributed by atoms with Gasteiger partial charge in [-0.3, -0.25) is 0 Å². The molecule has 1 aromatic carbocycles. The molecule has 1 aliphatic carbocycles. The molecule has 0 aliphatic heterocycles. The minimum atomic E-state index is -0.0789. The van der Waals surface area contributed by atoms with Crippen LogP contribution in [-0.4, -0.2) is 14.1 Å². The van der Waals surface area contributed by atoms with Crippen molar-refractivity contribution in [2.75, 3.05) is 19.0 Å². The van der Waals surface area contributed by atoms with Crippen LogP contribution in [0.4, 0.5) is 5.69 Å². The Hall–Kier alpha value is -1.02. The fourth-order valence-electron chi connectivity index (χ4n) is 2.53. The number of benzene rings is 1. The van der Waals surface area contributed by atoms with Crippen molar-refractivity contribution in [2.24, 2.45) is 5.73 Å². The highest BCUT2D eigenvalue weighted by Gasteiger charge is 2.36. The van der Waals surface area contributed by atoms with Gasteiger partial charge in [-0.1, -0.05) is 26.0 Å². The predicted molar refractivity (Wildman–Crippen MR) is 74.6 cm³/mol. The Balaban J connectivity index is 2.47. The van der Waals surface area contributed by atoms with E-state index in [0.29, 0.717) is 5.92 Å².